The van der Waals surface area contributed by atoms with Crippen LogP contribution in [-0.2, 0) is 10.5 Å². The van der Waals surface area contributed by atoms with E-state index in [1.165, 1.54) is 5.56 Å². The van der Waals surface area contributed by atoms with Crippen molar-refractivity contribution >= 4 is 29.4 Å². The smallest absolute Gasteiger partial charge is 0.411 e. The minimum absolute atomic E-state index is 0.122. The lowest BCUT2D eigenvalue weighted by atomic mass is 10.2. The molecule has 0 aliphatic carbocycles. The minimum Gasteiger partial charge on any atom is -0.450 e. The highest BCUT2D eigenvalue weighted by molar-refractivity contribution is 7.98. The SMILES string of the molecule is CCOC(=O)Nc1ccc(C(=O)NCCSCc2ccccc2)cc1. The van der Waals surface area contributed by atoms with Crippen LogP contribution in [0, 0.1) is 0 Å². The lowest BCUT2D eigenvalue weighted by Gasteiger charge is -2.07. The second kappa shape index (κ2) is 10.4. The van der Waals surface area contributed by atoms with Crippen LogP contribution in [0.3, 0.4) is 0 Å². The number of hydrogen-bond donors (Lipinski definition) is 2. The van der Waals surface area contributed by atoms with E-state index in [-0.39, 0.29) is 5.91 Å². The van der Waals surface area contributed by atoms with Gasteiger partial charge in [-0.1, -0.05) is 30.3 Å². The van der Waals surface area contributed by atoms with Crippen molar-refractivity contribution in [1.82, 2.24) is 5.32 Å². The number of benzene rings is 2. The van der Waals surface area contributed by atoms with Crippen LogP contribution in [0.5, 0.6) is 0 Å². The van der Waals surface area contributed by atoms with Crippen molar-refractivity contribution in [3.63, 3.8) is 0 Å². The van der Waals surface area contributed by atoms with Crippen LogP contribution in [0.2, 0.25) is 0 Å². The minimum atomic E-state index is -0.504. The Balaban J connectivity index is 1.69. The van der Waals surface area contributed by atoms with Gasteiger partial charge in [-0.05, 0) is 36.8 Å². The Morgan fingerprint density at radius 2 is 1.76 bits per heavy atom. The molecule has 2 N–H and O–H groups in total. The molecule has 0 bridgehead atoms. The van der Waals surface area contributed by atoms with E-state index >= 15 is 0 Å². The summed E-state index contributed by atoms with van der Waals surface area (Å²) in [6.07, 6.45) is -0.504. The summed E-state index contributed by atoms with van der Waals surface area (Å²) in [5.74, 6) is 1.66. The number of thioether (sulfide) groups is 1. The maximum Gasteiger partial charge on any atom is 0.411 e. The van der Waals surface area contributed by atoms with E-state index in [1.54, 1.807) is 43.0 Å². The topological polar surface area (TPSA) is 67.4 Å². The van der Waals surface area contributed by atoms with E-state index in [1.807, 2.05) is 18.2 Å². The molecule has 25 heavy (non-hydrogen) atoms. The summed E-state index contributed by atoms with van der Waals surface area (Å²) < 4.78 is 4.80. The Labute approximate surface area is 152 Å². The fourth-order valence-electron chi connectivity index (χ4n) is 2.09. The lowest BCUT2D eigenvalue weighted by molar-refractivity contribution is 0.0956. The standard InChI is InChI=1S/C19H22N2O3S/c1-2-24-19(23)21-17-10-8-16(9-11-17)18(22)20-12-13-25-14-15-6-4-3-5-7-15/h3-11H,2,12-14H2,1H3,(H,20,22)(H,21,23). The molecule has 0 aliphatic heterocycles. The lowest BCUT2D eigenvalue weighted by Crippen LogP contribution is -2.25. The second-order valence-corrected chi connectivity index (χ2v) is 6.32. The van der Waals surface area contributed by atoms with E-state index < -0.39 is 6.09 Å². The van der Waals surface area contributed by atoms with Crippen molar-refractivity contribution in [2.24, 2.45) is 0 Å². The van der Waals surface area contributed by atoms with Gasteiger partial charge in [0.05, 0.1) is 6.61 Å². The van der Waals surface area contributed by atoms with Gasteiger partial charge in [-0.3, -0.25) is 10.1 Å². The molecule has 0 atom stereocenters. The molecule has 0 saturated heterocycles. The predicted octanol–water partition coefficient (Wildman–Crippen LogP) is 3.92. The third-order valence-corrected chi connectivity index (χ3v) is 4.34. The van der Waals surface area contributed by atoms with Gasteiger partial charge in [-0.25, -0.2) is 4.79 Å². The van der Waals surface area contributed by atoms with Crippen molar-refractivity contribution in [2.45, 2.75) is 12.7 Å². The Morgan fingerprint density at radius 3 is 2.44 bits per heavy atom. The van der Waals surface area contributed by atoms with Crippen molar-refractivity contribution in [2.75, 3.05) is 24.2 Å². The highest BCUT2D eigenvalue weighted by Gasteiger charge is 2.06. The van der Waals surface area contributed by atoms with Gasteiger partial charge >= 0.3 is 6.09 Å². The third kappa shape index (κ3) is 6.89. The molecule has 0 fully saturated rings. The summed E-state index contributed by atoms with van der Waals surface area (Å²) in [4.78, 5) is 23.4. The molecule has 0 aliphatic rings. The van der Waals surface area contributed by atoms with Crippen LogP contribution in [0.15, 0.2) is 54.6 Å². The number of ether oxygens (including phenoxy) is 1. The fraction of sp³-hybridized carbons (Fsp3) is 0.263. The second-order valence-electron chi connectivity index (χ2n) is 5.22. The first kappa shape index (κ1) is 18.9. The average molecular weight is 358 g/mol. The maximum atomic E-state index is 12.1. The predicted molar refractivity (Wildman–Crippen MR) is 102 cm³/mol. The molecule has 2 aromatic rings. The summed E-state index contributed by atoms with van der Waals surface area (Å²) in [5.41, 5.74) is 2.43. The highest BCUT2D eigenvalue weighted by atomic mass is 32.2. The molecule has 5 nitrogen and oxygen atoms in total. The van der Waals surface area contributed by atoms with Crippen LogP contribution < -0.4 is 10.6 Å². The Bertz CT molecular complexity index is 675. The van der Waals surface area contributed by atoms with Crippen molar-refractivity contribution in [3.8, 4) is 0 Å². The van der Waals surface area contributed by atoms with Crippen LogP contribution in [-0.4, -0.2) is 30.9 Å². The molecule has 2 rings (SSSR count). The first-order valence-electron chi connectivity index (χ1n) is 8.12. The van der Waals surface area contributed by atoms with Gasteiger partial charge in [0.15, 0.2) is 0 Å². The zero-order valence-electron chi connectivity index (χ0n) is 14.2. The summed E-state index contributed by atoms with van der Waals surface area (Å²) in [6, 6.07) is 16.9. The zero-order chi connectivity index (χ0) is 17.9. The molecule has 0 heterocycles. The average Bonchev–Trinajstić information content (AvgIpc) is 2.63. The molecule has 0 saturated carbocycles. The number of anilines is 1. The Hall–Kier alpha value is -2.47. The molecular weight excluding hydrogens is 336 g/mol. The molecule has 132 valence electrons. The first-order valence-corrected chi connectivity index (χ1v) is 9.28. The molecule has 0 radical (unpaired) electrons. The molecule has 2 aromatic carbocycles. The molecule has 6 heteroatoms. The van der Waals surface area contributed by atoms with Crippen molar-refractivity contribution < 1.29 is 14.3 Å². The van der Waals surface area contributed by atoms with Gasteiger partial charge in [-0.15, -0.1) is 0 Å². The largest absolute Gasteiger partial charge is 0.450 e. The summed E-state index contributed by atoms with van der Waals surface area (Å²) >= 11 is 1.78. The number of hydrogen-bond acceptors (Lipinski definition) is 4. The quantitative estimate of drug-likeness (QED) is 0.702. The summed E-state index contributed by atoms with van der Waals surface area (Å²) in [7, 11) is 0. The van der Waals surface area contributed by atoms with Crippen LogP contribution in [0.1, 0.15) is 22.8 Å². The van der Waals surface area contributed by atoms with Crippen LogP contribution >= 0.6 is 11.8 Å². The van der Waals surface area contributed by atoms with Gasteiger partial charge in [0.1, 0.15) is 0 Å². The van der Waals surface area contributed by atoms with E-state index in [9.17, 15) is 9.59 Å². The van der Waals surface area contributed by atoms with Gasteiger partial charge in [0, 0.05) is 29.3 Å². The molecule has 2 amide bonds. The van der Waals surface area contributed by atoms with E-state index in [4.69, 9.17) is 4.74 Å². The van der Waals surface area contributed by atoms with Crippen LogP contribution in [0.4, 0.5) is 10.5 Å². The summed E-state index contributed by atoms with van der Waals surface area (Å²) in [5, 5.41) is 5.48. The number of nitrogens with one attached hydrogen (secondary N) is 2. The van der Waals surface area contributed by atoms with Crippen molar-refractivity contribution in [3.05, 3.63) is 65.7 Å². The number of rotatable bonds is 8. The van der Waals surface area contributed by atoms with E-state index in [0.717, 1.165) is 11.5 Å². The number of amides is 2. The highest BCUT2D eigenvalue weighted by Crippen LogP contribution is 2.12. The van der Waals surface area contributed by atoms with Gasteiger partial charge in [0.2, 0.25) is 0 Å². The van der Waals surface area contributed by atoms with Crippen molar-refractivity contribution in [1.29, 1.82) is 0 Å². The molecule has 0 aromatic heterocycles. The monoisotopic (exact) mass is 358 g/mol. The Morgan fingerprint density at radius 1 is 1.04 bits per heavy atom. The third-order valence-electron chi connectivity index (χ3n) is 3.31. The number of carbonyl (C=O) groups excluding carboxylic acids is 2. The fourth-order valence-corrected chi connectivity index (χ4v) is 2.91. The zero-order valence-corrected chi connectivity index (χ0v) is 15.0. The Kier molecular flexibility index (Phi) is 7.85. The molecule has 0 unspecified atom stereocenters. The van der Waals surface area contributed by atoms with E-state index in [2.05, 4.69) is 22.8 Å². The number of carbonyl (C=O) groups is 2. The van der Waals surface area contributed by atoms with Gasteiger partial charge in [0.25, 0.3) is 5.91 Å². The molecule has 0 spiro atoms. The normalized spacial score (nSPS) is 10.1. The van der Waals surface area contributed by atoms with Gasteiger partial charge < -0.3 is 10.1 Å². The first-order chi connectivity index (χ1) is 12.2. The van der Waals surface area contributed by atoms with Crippen LogP contribution in [0.25, 0.3) is 0 Å². The molecular formula is C19H22N2O3S. The van der Waals surface area contributed by atoms with Gasteiger partial charge in [-0.2, -0.15) is 11.8 Å². The summed E-state index contributed by atoms with van der Waals surface area (Å²) in [6.45, 7) is 2.67. The maximum absolute atomic E-state index is 12.1. The van der Waals surface area contributed by atoms with E-state index in [0.29, 0.717) is 24.4 Å².